The molecule has 0 radical (unpaired) electrons. The van der Waals surface area contributed by atoms with Crippen LogP contribution in [0.3, 0.4) is 0 Å². The zero-order valence-electron chi connectivity index (χ0n) is 18.9. The molecule has 1 saturated heterocycles. The standard InChI is InChI=1S/C24H27N3O6/c1-4-33-23-12-18(21(27(29)30)13-22(23)32-3)24(28)26-9-7-15(8-10-26)19-14-25-20-6-5-16(31-2)11-17(19)20/h5-6,11-15,25H,4,7-10H2,1-3H3. The van der Waals surface area contributed by atoms with Gasteiger partial charge >= 0.3 is 0 Å². The molecule has 9 nitrogen and oxygen atoms in total. The fraction of sp³-hybridized carbons (Fsp3) is 0.375. The number of amides is 1. The lowest BCUT2D eigenvalue weighted by Crippen LogP contribution is -2.38. The molecule has 1 aliphatic rings. The van der Waals surface area contributed by atoms with E-state index in [0.717, 1.165) is 29.5 Å². The Bertz CT molecular complexity index is 1180. The van der Waals surface area contributed by atoms with Crippen LogP contribution in [-0.2, 0) is 0 Å². The summed E-state index contributed by atoms with van der Waals surface area (Å²) in [7, 11) is 3.06. The van der Waals surface area contributed by atoms with E-state index in [0.29, 0.717) is 25.4 Å². The van der Waals surface area contributed by atoms with E-state index in [4.69, 9.17) is 14.2 Å². The predicted molar refractivity (Wildman–Crippen MR) is 124 cm³/mol. The number of nitro benzene ring substituents is 1. The van der Waals surface area contributed by atoms with Crippen LogP contribution in [0.15, 0.2) is 36.5 Å². The number of benzene rings is 2. The van der Waals surface area contributed by atoms with Gasteiger partial charge in [0.25, 0.3) is 11.6 Å². The average Bonchev–Trinajstić information content (AvgIpc) is 3.26. The van der Waals surface area contributed by atoms with E-state index in [1.807, 2.05) is 24.4 Å². The molecule has 0 bridgehead atoms. The molecule has 1 aliphatic heterocycles. The van der Waals surface area contributed by atoms with Gasteiger partial charge < -0.3 is 24.1 Å². The number of aromatic nitrogens is 1. The molecule has 2 aromatic carbocycles. The lowest BCUT2D eigenvalue weighted by Gasteiger charge is -2.32. The number of ether oxygens (including phenoxy) is 3. The Morgan fingerprint density at radius 1 is 1.15 bits per heavy atom. The maximum absolute atomic E-state index is 13.3. The third-order valence-electron chi connectivity index (χ3n) is 6.15. The Labute approximate surface area is 191 Å². The van der Waals surface area contributed by atoms with Crippen LogP contribution in [0, 0.1) is 10.1 Å². The number of methoxy groups -OCH3 is 2. The van der Waals surface area contributed by atoms with Crippen LogP contribution in [0.25, 0.3) is 10.9 Å². The summed E-state index contributed by atoms with van der Waals surface area (Å²) in [5.74, 6) is 1.25. The van der Waals surface area contributed by atoms with E-state index in [-0.39, 0.29) is 28.8 Å². The monoisotopic (exact) mass is 453 g/mol. The summed E-state index contributed by atoms with van der Waals surface area (Å²) in [5, 5.41) is 12.8. The summed E-state index contributed by atoms with van der Waals surface area (Å²) in [4.78, 5) is 29.4. The first-order valence-electron chi connectivity index (χ1n) is 10.9. The minimum Gasteiger partial charge on any atom is -0.497 e. The Hall–Kier alpha value is -3.75. The van der Waals surface area contributed by atoms with Gasteiger partial charge in [-0.2, -0.15) is 0 Å². The summed E-state index contributed by atoms with van der Waals surface area (Å²) in [5.41, 5.74) is 1.97. The fourth-order valence-corrected chi connectivity index (χ4v) is 4.45. The number of hydrogen-bond acceptors (Lipinski definition) is 6. The van der Waals surface area contributed by atoms with E-state index in [1.54, 1.807) is 18.9 Å². The van der Waals surface area contributed by atoms with Gasteiger partial charge in [0.1, 0.15) is 11.3 Å². The predicted octanol–water partition coefficient (Wildman–Crippen LogP) is 4.51. The van der Waals surface area contributed by atoms with E-state index >= 15 is 0 Å². The topological polar surface area (TPSA) is 107 Å². The summed E-state index contributed by atoms with van der Waals surface area (Å²) in [6.07, 6.45) is 3.55. The molecule has 0 saturated carbocycles. The van der Waals surface area contributed by atoms with Crippen molar-refractivity contribution in [1.82, 2.24) is 9.88 Å². The van der Waals surface area contributed by atoms with Crippen molar-refractivity contribution in [3.8, 4) is 17.2 Å². The van der Waals surface area contributed by atoms with Gasteiger partial charge in [-0.1, -0.05) is 0 Å². The number of carbonyl (C=O) groups is 1. The second kappa shape index (κ2) is 9.40. The molecule has 4 rings (SSSR count). The number of aromatic amines is 1. The van der Waals surface area contributed by atoms with E-state index in [9.17, 15) is 14.9 Å². The van der Waals surface area contributed by atoms with Gasteiger partial charge in [0, 0.05) is 36.3 Å². The number of nitrogens with one attached hydrogen (secondary N) is 1. The molecule has 1 aromatic heterocycles. The highest BCUT2D eigenvalue weighted by molar-refractivity contribution is 5.99. The van der Waals surface area contributed by atoms with Gasteiger partial charge in [0.15, 0.2) is 11.5 Å². The second-order valence-corrected chi connectivity index (χ2v) is 7.93. The van der Waals surface area contributed by atoms with Crippen LogP contribution in [0.5, 0.6) is 17.2 Å². The van der Waals surface area contributed by atoms with E-state index < -0.39 is 4.92 Å². The van der Waals surface area contributed by atoms with Crippen LogP contribution in [0.2, 0.25) is 0 Å². The van der Waals surface area contributed by atoms with Crippen LogP contribution in [-0.4, -0.2) is 54.6 Å². The number of hydrogen-bond donors (Lipinski definition) is 1. The van der Waals surface area contributed by atoms with Gasteiger partial charge in [-0.25, -0.2) is 0 Å². The minimum atomic E-state index is -0.558. The number of piperidine rings is 1. The molecule has 1 amide bonds. The van der Waals surface area contributed by atoms with Crippen molar-refractivity contribution in [2.24, 2.45) is 0 Å². The number of rotatable bonds is 7. The van der Waals surface area contributed by atoms with Gasteiger partial charge in [-0.3, -0.25) is 14.9 Å². The second-order valence-electron chi connectivity index (χ2n) is 7.93. The maximum atomic E-state index is 13.3. The molecular formula is C24H27N3O6. The van der Waals surface area contributed by atoms with E-state index in [1.165, 1.54) is 24.8 Å². The highest BCUT2D eigenvalue weighted by Crippen LogP contribution is 2.38. The Balaban J connectivity index is 1.55. The number of nitro groups is 1. The summed E-state index contributed by atoms with van der Waals surface area (Å²) in [6, 6.07) is 8.61. The van der Waals surface area contributed by atoms with Crippen molar-refractivity contribution >= 4 is 22.5 Å². The zero-order valence-corrected chi connectivity index (χ0v) is 18.9. The van der Waals surface area contributed by atoms with Gasteiger partial charge in [-0.15, -0.1) is 0 Å². The van der Waals surface area contributed by atoms with Crippen molar-refractivity contribution in [2.75, 3.05) is 33.9 Å². The molecule has 174 valence electrons. The number of nitrogens with zero attached hydrogens (tertiary/aromatic N) is 2. The molecule has 3 aromatic rings. The van der Waals surface area contributed by atoms with Gasteiger partial charge in [-0.05, 0) is 49.4 Å². The summed E-state index contributed by atoms with van der Waals surface area (Å²) >= 11 is 0. The Morgan fingerprint density at radius 3 is 2.55 bits per heavy atom. The van der Waals surface area contributed by atoms with Gasteiger partial charge in [0.05, 0.1) is 31.8 Å². The normalized spacial score (nSPS) is 14.3. The molecule has 0 spiro atoms. The van der Waals surface area contributed by atoms with Crippen molar-refractivity contribution in [3.63, 3.8) is 0 Å². The third-order valence-corrected chi connectivity index (χ3v) is 6.15. The van der Waals surface area contributed by atoms with Crippen LogP contribution < -0.4 is 14.2 Å². The summed E-state index contributed by atoms with van der Waals surface area (Å²) < 4.78 is 16.1. The SMILES string of the molecule is CCOc1cc(C(=O)N2CCC(c3c[nH]c4ccc(OC)cc34)CC2)c([N+](=O)[O-])cc1OC. The van der Waals surface area contributed by atoms with Crippen LogP contribution in [0.4, 0.5) is 5.69 Å². The smallest absolute Gasteiger partial charge is 0.286 e. The molecule has 0 atom stereocenters. The van der Waals surface area contributed by atoms with E-state index in [2.05, 4.69) is 4.98 Å². The van der Waals surface area contributed by atoms with Crippen LogP contribution >= 0.6 is 0 Å². The highest BCUT2D eigenvalue weighted by Gasteiger charge is 2.31. The Kier molecular flexibility index (Phi) is 6.39. The minimum absolute atomic E-state index is 0.0135. The zero-order chi connectivity index (χ0) is 23.5. The molecular weight excluding hydrogens is 426 g/mol. The number of fused-ring (bicyclic) bond motifs is 1. The molecule has 0 aliphatic carbocycles. The van der Waals surface area contributed by atoms with Crippen molar-refractivity contribution in [3.05, 3.63) is 57.8 Å². The molecule has 33 heavy (non-hydrogen) atoms. The average molecular weight is 453 g/mol. The van der Waals surface area contributed by atoms with Gasteiger partial charge in [0.2, 0.25) is 0 Å². The number of likely N-dealkylation sites (tertiary alicyclic amines) is 1. The largest absolute Gasteiger partial charge is 0.497 e. The quantitative estimate of drug-likeness (QED) is 0.417. The first kappa shape index (κ1) is 22.4. The lowest BCUT2D eigenvalue weighted by atomic mass is 9.89. The molecule has 0 unspecified atom stereocenters. The lowest BCUT2D eigenvalue weighted by molar-refractivity contribution is -0.385. The first-order chi connectivity index (χ1) is 16.0. The molecule has 2 heterocycles. The first-order valence-corrected chi connectivity index (χ1v) is 10.9. The molecule has 9 heteroatoms. The number of H-pyrrole nitrogens is 1. The van der Waals surface area contributed by atoms with Crippen molar-refractivity contribution < 1.29 is 23.9 Å². The van der Waals surface area contributed by atoms with Crippen LogP contribution in [0.1, 0.15) is 41.6 Å². The van der Waals surface area contributed by atoms with Crippen molar-refractivity contribution in [2.45, 2.75) is 25.7 Å². The van der Waals surface area contributed by atoms with Crippen molar-refractivity contribution in [1.29, 1.82) is 0 Å². The molecule has 1 fully saturated rings. The number of carbonyl (C=O) groups excluding carboxylic acids is 1. The third kappa shape index (κ3) is 4.30. The fourth-order valence-electron chi connectivity index (χ4n) is 4.45. The summed E-state index contributed by atoms with van der Waals surface area (Å²) in [6.45, 7) is 3.16. The maximum Gasteiger partial charge on any atom is 0.286 e. The highest BCUT2D eigenvalue weighted by atomic mass is 16.6. The Morgan fingerprint density at radius 2 is 1.91 bits per heavy atom. The molecule has 1 N–H and O–H groups in total.